The molecule has 1 aliphatic heterocycles. The van der Waals surface area contributed by atoms with Gasteiger partial charge in [0.1, 0.15) is 0 Å². The van der Waals surface area contributed by atoms with Crippen molar-refractivity contribution in [2.75, 3.05) is 5.32 Å². The molecule has 21 heavy (non-hydrogen) atoms. The van der Waals surface area contributed by atoms with Crippen LogP contribution in [0.2, 0.25) is 0 Å². The molecule has 0 bridgehead atoms. The van der Waals surface area contributed by atoms with Gasteiger partial charge < -0.3 is 5.32 Å². The van der Waals surface area contributed by atoms with E-state index in [-0.39, 0.29) is 11.2 Å². The highest BCUT2D eigenvalue weighted by molar-refractivity contribution is 8.01. The lowest BCUT2D eigenvalue weighted by Gasteiger charge is -2.07. The Morgan fingerprint density at radius 2 is 2.10 bits per heavy atom. The van der Waals surface area contributed by atoms with Crippen molar-refractivity contribution in [3.8, 4) is 0 Å². The maximum atomic E-state index is 12.4. The molecule has 108 valence electrons. The lowest BCUT2D eigenvalue weighted by atomic mass is 10.0. The molecule has 4 rings (SSSR count). The van der Waals surface area contributed by atoms with E-state index in [9.17, 15) is 4.79 Å². The first-order valence-corrected chi connectivity index (χ1v) is 9.03. The second-order valence-electron chi connectivity index (χ2n) is 5.50. The van der Waals surface area contributed by atoms with Crippen LogP contribution in [0.5, 0.6) is 0 Å². The van der Waals surface area contributed by atoms with Gasteiger partial charge in [0.15, 0.2) is 5.13 Å². The molecule has 2 aliphatic rings. The van der Waals surface area contributed by atoms with Gasteiger partial charge in [-0.3, -0.25) is 4.79 Å². The molecule has 0 radical (unpaired) electrons. The van der Waals surface area contributed by atoms with E-state index in [4.69, 9.17) is 0 Å². The standard InChI is InChI=1S/C16H16N2OS2/c19-15(14-9-10-5-1-3-7-12(10)20-14)18-16-17-11-6-2-4-8-13(11)21-16/h1,3,5,7,14H,2,4,6,8-9H2,(H,17,18,19)/t14-/m0/s1. The molecule has 0 unspecified atom stereocenters. The zero-order valence-corrected chi connectivity index (χ0v) is 13.2. The first kappa shape index (κ1) is 13.3. The molecule has 1 aromatic heterocycles. The topological polar surface area (TPSA) is 42.0 Å². The first-order chi connectivity index (χ1) is 10.3. The summed E-state index contributed by atoms with van der Waals surface area (Å²) in [5.41, 5.74) is 2.48. The highest BCUT2D eigenvalue weighted by Gasteiger charge is 2.28. The number of hydrogen-bond acceptors (Lipinski definition) is 4. The number of thiazole rings is 1. The number of thioether (sulfide) groups is 1. The molecule has 0 saturated heterocycles. The third-order valence-corrected chi connectivity index (χ3v) is 6.41. The van der Waals surface area contributed by atoms with E-state index in [2.05, 4.69) is 22.4 Å². The Morgan fingerprint density at radius 1 is 1.24 bits per heavy atom. The predicted octanol–water partition coefficient (Wildman–Crippen LogP) is 3.68. The molecule has 0 fully saturated rings. The quantitative estimate of drug-likeness (QED) is 0.919. The fraction of sp³-hybridized carbons (Fsp3) is 0.375. The van der Waals surface area contributed by atoms with Gasteiger partial charge in [0.2, 0.25) is 5.91 Å². The Bertz CT molecular complexity index is 647. The molecule has 0 spiro atoms. The van der Waals surface area contributed by atoms with Crippen molar-refractivity contribution in [1.29, 1.82) is 0 Å². The molecule has 1 aliphatic carbocycles. The van der Waals surface area contributed by atoms with Crippen LogP contribution in [0.1, 0.15) is 29.0 Å². The minimum atomic E-state index is -0.0247. The molecule has 1 amide bonds. The average molecular weight is 316 g/mol. The van der Waals surface area contributed by atoms with Crippen LogP contribution in [0, 0.1) is 0 Å². The fourth-order valence-electron chi connectivity index (χ4n) is 2.92. The first-order valence-electron chi connectivity index (χ1n) is 7.33. The van der Waals surface area contributed by atoms with Gasteiger partial charge in [0.05, 0.1) is 10.9 Å². The second-order valence-corrected chi connectivity index (χ2v) is 7.83. The van der Waals surface area contributed by atoms with Crippen LogP contribution in [0.25, 0.3) is 0 Å². The van der Waals surface area contributed by atoms with Gasteiger partial charge in [0, 0.05) is 9.77 Å². The van der Waals surface area contributed by atoms with Crippen LogP contribution in [-0.4, -0.2) is 16.1 Å². The molecule has 1 N–H and O–H groups in total. The SMILES string of the molecule is O=C(Nc1nc2c(s1)CCCC2)[C@@H]1Cc2ccccc2S1. The van der Waals surface area contributed by atoms with Gasteiger partial charge in [-0.15, -0.1) is 23.1 Å². The summed E-state index contributed by atoms with van der Waals surface area (Å²) in [4.78, 5) is 19.6. The van der Waals surface area contributed by atoms with E-state index >= 15 is 0 Å². The Hall–Kier alpha value is -1.33. The lowest BCUT2D eigenvalue weighted by molar-refractivity contribution is -0.115. The van der Waals surface area contributed by atoms with Crippen LogP contribution in [0.15, 0.2) is 29.2 Å². The Labute approximate surface area is 132 Å². The van der Waals surface area contributed by atoms with E-state index in [1.807, 2.05) is 12.1 Å². The summed E-state index contributed by atoms with van der Waals surface area (Å²) in [7, 11) is 0. The van der Waals surface area contributed by atoms with Crippen molar-refractivity contribution in [3.05, 3.63) is 40.4 Å². The molecule has 0 saturated carbocycles. The van der Waals surface area contributed by atoms with Gasteiger partial charge in [0.25, 0.3) is 0 Å². The molecule has 1 atom stereocenters. The average Bonchev–Trinajstić information content (AvgIpc) is 3.10. The van der Waals surface area contributed by atoms with Crippen LogP contribution in [0.4, 0.5) is 5.13 Å². The van der Waals surface area contributed by atoms with Gasteiger partial charge in [-0.2, -0.15) is 0 Å². The van der Waals surface area contributed by atoms with Crippen molar-refractivity contribution >= 4 is 34.1 Å². The van der Waals surface area contributed by atoms with Gasteiger partial charge >= 0.3 is 0 Å². The zero-order valence-electron chi connectivity index (χ0n) is 11.6. The number of benzene rings is 1. The van der Waals surface area contributed by atoms with Crippen molar-refractivity contribution in [2.45, 2.75) is 42.2 Å². The van der Waals surface area contributed by atoms with Crippen molar-refractivity contribution in [1.82, 2.24) is 4.98 Å². The molecular weight excluding hydrogens is 300 g/mol. The maximum Gasteiger partial charge on any atom is 0.239 e. The number of carbonyl (C=O) groups is 1. The van der Waals surface area contributed by atoms with E-state index in [0.29, 0.717) is 0 Å². The molecule has 3 nitrogen and oxygen atoms in total. The van der Waals surface area contributed by atoms with Crippen LogP contribution in [0.3, 0.4) is 0 Å². The number of aromatic nitrogens is 1. The number of nitrogens with zero attached hydrogens (tertiary/aromatic N) is 1. The second kappa shape index (κ2) is 5.46. The molecule has 2 aromatic rings. The third kappa shape index (κ3) is 2.60. The summed E-state index contributed by atoms with van der Waals surface area (Å²) in [6, 6.07) is 8.27. The number of amides is 1. The maximum absolute atomic E-state index is 12.4. The summed E-state index contributed by atoms with van der Waals surface area (Å²) in [6.07, 6.45) is 5.46. The molecule has 1 aromatic carbocycles. The summed E-state index contributed by atoms with van der Waals surface area (Å²) in [5.74, 6) is 0.0855. The normalized spacial score (nSPS) is 19.9. The molecule has 5 heteroatoms. The number of anilines is 1. The highest BCUT2D eigenvalue weighted by Crippen LogP contribution is 2.37. The van der Waals surface area contributed by atoms with Crippen molar-refractivity contribution < 1.29 is 4.79 Å². The number of fused-ring (bicyclic) bond motifs is 2. The minimum absolute atomic E-state index is 0.0247. The molecule has 2 heterocycles. The zero-order chi connectivity index (χ0) is 14.2. The predicted molar refractivity (Wildman–Crippen MR) is 87.2 cm³/mol. The van der Waals surface area contributed by atoms with Crippen LogP contribution in [-0.2, 0) is 24.1 Å². The summed E-state index contributed by atoms with van der Waals surface area (Å²) in [6.45, 7) is 0. The summed E-state index contributed by atoms with van der Waals surface area (Å²) >= 11 is 3.32. The Morgan fingerprint density at radius 3 is 2.95 bits per heavy atom. The largest absolute Gasteiger partial charge is 0.301 e. The van der Waals surface area contributed by atoms with Crippen LogP contribution < -0.4 is 5.32 Å². The van der Waals surface area contributed by atoms with E-state index in [1.165, 1.54) is 33.9 Å². The van der Waals surface area contributed by atoms with Crippen LogP contribution >= 0.6 is 23.1 Å². The van der Waals surface area contributed by atoms with E-state index in [0.717, 1.165) is 24.4 Å². The Balaban J connectivity index is 1.46. The highest BCUT2D eigenvalue weighted by atomic mass is 32.2. The smallest absolute Gasteiger partial charge is 0.239 e. The van der Waals surface area contributed by atoms with Gasteiger partial charge in [-0.25, -0.2) is 4.98 Å². The number of hydrogen-bond donors (Lipinski definition) is 1. The van der Waals surface area contributed by atoms with Gasteiger partial charge in [-0.05, 0) is 43.7 Å². The monoisotopic (exact) mass is 316 g/mol. The Kier molecular flexibility index (Phi) is 3.47. The van der Waals surface area contributed by atoms with Gasteiger partial charge in [-0.1, -0.05) is 18.2 Å². The molecular formula is C16H16N2OS2. The summed E-state index contributed by atoms with van der Waals surface area (Å²) < 4.78 is 0. The van der Waals surface area contributed by atoms with Crippen molar-refractivity contribution in [2.24, 2.45) is 0 Å². The van der Waals surface area contributed by atoms with E-state index in [1.54, 1.807) is 23.1 Å². The number of nitrogens with one attached hydrogen (secondary N) is 1. The number of aryl methyl sites for hydroxylation is 2. The lowest BCUT2D eigenvalue weighted by Crippen LogP contribution is -2.24. The van der Waals surface area contributed by atoms with E-state index < -0.39 is 0 Å². The third-order valence-electron chi connectivity index (χ3n) is 4.02. The number of rotatable bonds is 2. The number of carbonyl (C=O) groups excluding carboxylic acids is 1. The van der Waals surface area contributed by atoms with Crippen molar-refractivity contribution in [3.63, 3.8) is 0 Å². The summed E-state index contributed by atoms with van der Waals surface area (Å²) in [5, 5.41) is 3.78. The minimum Gasteiger partial charge on any atom is -0.301 e. The fourth-order valence-corrected chi connectivity index (χ4v) is 5.17.